The summed E-state index contributed by atoms with van der Waals surface area (Å²) >= 11 is 1.52. The summed E-state index contributed by atoms with van der Waals surface area (Å²) in [6.45, 7) is 6.32. The second-order valence-electron chi connectivity index (χ2n) is 8.02. The minimum atomic E-state index is -0.781. The molecule has 7 heteroatoms. The molecule has 6 nitrogen and oxygen atoms in total. The fourth-order valence-electron chi connectivity index (χ4n) is 3.94. The molecule has 0 radical (unpaired) electrons. The first-order chi connectivity index (χ1) is 15.5. The number of hydrogen-bond donors (Lipinski definition) is 0. The predicted octanol–water partition coefficient (Wildman–Crippen LogP) is 5.07. The van der Waals surface area contributed by atoms with Crippen LogP contribution in [0.3, 0.4) is 0 Å². The van der Waals surface area contributed by atoms with Crippen molar-refractivity contribution >= 4 is 32.6 Å². The minimum Gasteiger partial charge on any atom is -0.482 e. The number of carbonyl (C=O) groups excluding carboxylic acids is 1. The van der Waals surface area contributed by atoms with E-state index in [1.54, 1.807) is 17.3 Å². The molecule has 2 unspecified atom stereocenters. The number of fused-ring (bicyclic) bond motifs is 2. The highest BCUT2D eigenvalue weighted by molar-refractivity contribution is 7.22. The average molecular weight is 446 g/mol. The summed E-state index contributed by atoms with van der Waals surface area (Å²) in [7, 11) is 0. The van der Waals surface area contributed by atoms with E-state index in [1.807, 2.05) is 49.4 Å². The average Bonchev–Trinajstić information content (AvgIpc) is 3.21. The number of hydrogen-bond acceptors (Lipinski definition) is 6. The number of thiazole rings is 1. The molecule has 3 heterocycles. The Balaban J connectivity index is 1.54. The summed E-state index contributed by atoms with van der Waals surface area (Å²) in [5.74, 6) is 1.03. The maximum absolute atomic E-state index is 13.8. The molecule has 4 aromatic rings. The van der Waals surface area contributed by atoms with Crippen molar-refractivity contribution in [3.8, 4) is 11.5 Å². The van der Waals surface area contributed by atoms with Crippen molar-refractivity contribution in [2.45, 2.75) is 39.5 Å². The van der Waals surface area contributed by atoms with Gasteiger partial charge in [0.05, 0.1) is 16.8 Å². The maximum atomic E-state index is 13.8. The predicted molar refractivity (Wildman–Crippen MR) is 125 cm³/mol. The summed E-state index contributed by atoms with van der Waals surface area (Å²) in [6.07, 6.45) is 2.26. The summed E-state index contributed by atoms with van der Waals surface area (Å²) < 4.78 is 13.2. The van der Waals surface area contributed by atoms with E-state index in [-0.39, 0.29) is 5.91 Å². The van der Waals surface area contributed by atoms with Gasteiger partial charge in [0.1, 0.15) is 6.10 Å². The molecule has 0 spiro atoms. The van der Waals surface area contributed by atoms with Crippen LogP contribution in [-0.2, 0) is 11.3 Å². The molecule has 2 aromatic carbocycles. The number of rotatable bonds is 4. The zero-order valence-electron chi connectivity index (χ0n) is 18.1. The van der Waals surface area contributed by atoms with Gasteiger partial charge in [0.2, 0.25) is 6.10 Å². The third-order valence-electron chi connectivity index (χ3n) is 5.45. The lowest BCUT2D eigenvalue weighted by atomic mass is 10.1. The van der Waals surface area contributed by atoms with E-state index in [9.17, 15) is 4.79 Å². The number of aryl methyl sites for hydroxylation is 2. The number of ether oxygens (including phenoxy) is 2. The number of benzene rings is 2. The molecule has 0 aliphatic carbocycles. The van der Waals surface area contributed by atoms with E-state index < -0.39 is 12.2 Å². The first-order valence-electron chi connectivity index (χ1n) is 10.5. The normalized spacial score (nSPS) is 17.3. The number of anilines is 1. The van der Waals surface area contributed by atoms with Crippen LogP contribution < -0.4 is 14.4 Å². The zero-order valence-corrected chi connectivity index (χ0v) is 18.9. The van der Waals surface area contributed by atoms with E-state index in [0.717, 1.165) is 26.9 Å². The molecule has 32 heavy (non-hydrogen) atoms. The smallest absolute Gasteiger partial charge is 0.274 e. The fraction of sp³-hybridized carbons (Fsp3) is 0.240. The van der Waals surface area contributed by atoms with Crippen LogP contribution in [0.15, 0.2) is 60.9 Å². The Hall–Kier alpha value is -3.45. The number of pyridine rings is 1. The summed E-state index contributed by atoms with van der Waals surface area (Å²) in [5.41, 5.74) is 4.10. The molecule has 162 valence electrons. The van der Waals surface area contributed by atoms with Crippen LogP contribution in [-0.4, -0.2) is 28.1 Å². The fourth-order valence-corrected chi connectivity index (χ4v) is 4.96. The van der Waals surface area contributed by atoms with Gasteiger partial charge in [-0.05, 0) is 61.7 Å². The topological polar surface area (TPSA) is 64.6 Å². The van der Waals surface area contributed by atoms with Crippen molar-refractivity contribution in [3.63, 3.8) is 0 Å². The Kier molecular flexibility index (Phi) is 5.27. The van der Waals surface area contributed by atoms with Gasteiger partial charge >= 0.3 is 0 Å². The molecule has 1 aliphatic rings. The first kappa shape index (κ1) is 20.5. The standard InChI is InChI=1S/C25H23N3O3S/c1-15-11-16(2)23-19(12-15)27-25(32-23)28(14-18-7-6-10-26-13-18)24(29)22-17(3)30-20-8-4-5-9-21(20)31-22/h4-13,17,22H,14H2,1-3H3. The van der Waals surface area contributed by atoms with Gasteiger partial charge in [-0.15, -0.1) is 0 Å². The van der Waals surface area contributed by atoms with Crippen LogP contribution in [0.4, 0.5) is 5.13 Å². The van der Waals surface area contributed by atoms with Gasteiger partial charge in [-0.1, -0.05) is 35.6 Å². The number of nitrogens with zero attached hydrogens (tertiary/aromatic N) is 3. The van der Waals surface area contributed by atoms with Crippen LogP contribution in [0.5, 0.6) is 11.5 Å². The highest BCUT2D eigenvalue weighted by atomic mass is 32.1. The summed E-state index contributed by atoms with van der Waals surface area (Å²) in [5, 5.41) is 0.636. The quantitative estimate of drug-likeness (QED) is 0.439. The van der Waals surface area contributed by atoms with E-state index in [0.29, 0.717) is 23.2 Å². The van der Waals surface area contributed by atoms with Gasteiger partial charge in [-0.2, -0.15) is 0 Å². The summed E-state index contributed by atoms with van der Waals surface area (Å²) in [4.78, 5) is 24.5. The lowest BCUT2D eigenvalue weighted by molar-refractivity contribution is -0.130. The van der Waals surface area contributed by atoms with Crippen LogP contribution in [0, 0.1) is 13.8 Å². The number of carbonyl (C=O) groups is 1. The van der Waals surface area contributed by atoms with Crippen LogP contribution in [0.1, 0.15) is 23.6 Å². The second-order valence-corrected chi connectivity index (χ2v) is 9.00. The molecule has 1 aliphatic heterocycles. The van der Waals surface area contributed by atoms with Crippen LogP contribution in [0.25, 0.3) is 10.2 Å². The third-order valence-corrected chi connectivity index (χ3v) is 6.68. The van der Waals surface area contributed by atoms with Gasteiger partial charge in [-0.25, -0.2) is 4.98 Å². The van der Waals surface area contributed by atoms with Gasteiger partial charge in [0.25, 0.3) is 5.91 Å². The van der Waals surface area contributed by atoms with Crippen molar-refractivity contribution in [1.82, 2.24) is 9.97 Å². The van der Waals surface area contributed by atoms with Gasteiger partial charge in [-0.3, -0.25) is 14.7 Å². The highest BCUT2D eigenvalue weighted by Crippen LogP contribution is 2.37. The molecule has 0 fully saturated rings. The van der Waals surface area contributed by atoms with Crippen molar-refractivity contribution in [2.24, 2.45) is 0 Å². The molecule has 1 amide bonds. The second kappa shape index (κ2) is 8.24. The van der Waals surface area contributed by atoms with E-state index in [2.05, 4.69) is 24.9 Å². The van der Waals surface area contributed by atoms with Gasteiger partial charge in [0.15, 0.2) is 16.6 Å². The SMILES string of the molecule is Cc1cc(C)c2sc(N(Cc3cccnc3)C(=O)C3Oc4ccccc4OC3C)nc2c1. The molecular weight excluding hydrogens is 422 g/mol. The largest absolute Gasteiger partial charge is 0.482 e. The first-order valence-corrected chi connectivity index (χ1v) is 11.3. The van der Waals surface area contributed by atoms with Crippen molar-refractivity contribution in [1.29, 1.82) is 0 Å². The lowest BCUT2D eigenvalue weighted by Crippen LogP contribution is -2.50. The van der Waals surface area contributed by atoms with E-state index >= 15 is 0 Å². The Bertz CT molecular complexity index is 1290. The van der Waals surface area contributed by atoms with Gasteiger partial charge in [0, 0.05) is 12.4 Å². The summed E-state index contributed by atoms with van der Waals surface area (Å²) in [6, 6.07) is 15.4. The van der Waals surface area contributed by atoms with Crippen LogP contribution >= 0.6 is 11.3 Å². The van der Waals surface area contributed by atoms with E-state index in [4.69, 9.17) is 14.5 Å². The van der Waals surface area contributed by atoms with E-state index in [1.165, 1.54) is 11.3 Å². The molecule has 2 aromatic heterocycles. The third kappa shape index (κ3) is 3.80. The monoisotopic (exact) mass is 445 g/mol. The lowest BCUT2D eigenvalue weighted by Gasteiger charge is -2.33. The Morgan fingerprint density at radius 1 is 1.09 bits per heavy atom. The van der Waals surface area contributed by atoms with Crippen molar-refractivity contribution in [2.75, 3.05) is 4.90 Å². The maximum Gasteiger partial charge on any atom is 0.274 e. The Morgan fingerprint density at radius 3 is 2.62 bits per heavy atom. The van der Waals surface area contributed by atoms with Gasteiger partial charge < -0.3 is 9.47 Å². The zero-order chi connectivity index (χ0) is 22.2. The van der Waals surface area contributed by atoms with Crippen molar-refractivity contribution < 1.29 is 14.3 Å². The molecule has 0 saturated carbocycles. The van der Waals surface area contributed by atoms with Crippen molar-refractivity contribution in [3.05, 3.63) is 77.6 Å². The molecule has 5 rings (SSSR count). The number of para-hydroxylation sites is 2. The van der Waals surface area contributed by atoms with Crippen LogP contribution in [0.2, 0.25) is 0 Å². The molecule has 0 saturated heterocycles. The Morgan fingerprint density at radius 2 is 1.88 bits per heavy atom. The molecule has 0 N–H and O–H groups in total. The molecular formula is C25H23N3O3S. The minimum absolute atomic E-state index is 0.190. The number of amides is 1. The highest BCUT2D eigenvalue weighted by Gasteiger charge is 2.38. The Labute approximate surface area is 190 Å². The molecule has 2 atom stereocenters. The molecule has 0 bridgehead atoms. The number of aromatic nitrogens is 2.